The van der Waals surface area contributed by atoms with Crippen molar-refractivity contribution in [2.75, 3.05) is 29.9 Å². The van der Waals surface area contributed by atoms with Gasteiger partial charge in [0.15, 0.2) is 5.13 Å². The number of nitrogens with zero attached hydrogens (tertiary/aromatic N) is 2. The van der Waals surface area contributed by atoms with Crippen LogP contribution < -0.4 is 5.32 Å². The van der Waals surface area contributed by atoms with Gasteiger partial charge in [0, 0.05) is 36.2 Å². The van der Waals surface area contributed by atoms with E-state index >= 15 is 0 Å². The molecule has 1 aromatic heterocycles. The molecule has 1 aliphatic heterocycles. The number of anilines is 1. The monoisotopic (exact) mass is 257 g/mol. The Labute approximate surface area is 103 Å². The van der Waals surface area contributed by atoms with Crippen LogP contribution in [-0.4, -0.2) is 46.4 Å². The Morgan fingerprint density at radius 3 is 2.94 bits per heavy atom. The molecule has 1 unspecified atom stereocenters. The lowest BCUT2D eigenvalue weighted by atomic mass is 10.2. The third kappa shape index (κ3) is 2.96. The molecule has 0 aliphatic carbocycles. The number of amides is 1. The molecule has 16 heavy (non-hydrogen) atoms. The molecule has 1 fully saturated rings. The Balaban J connectivity index is 1.88. The predicted octanol–water partition coefficient (Wildman–Crippen LogP) is 1.52. The number of hydrogen-bond acceptors (Lipinski definition) is 5. The van der Waals surface area contributed by atoms with Crippen molar-refractivity contribution in [3.8, 4) is 0 Å². The number of carbonyl (C=O) groups is 1. The number of thiazole rings is 1. The minimum Gasteiger partial charge on any atom is -0.301 e. The molecule has 1 atom stereocenters. The van der Waals surface area contributed by atoms with Gasteiger partial charge in [-0.15, -0.1) is 11.3 Å². The molecule has 1 aliphatic rings. The van der Waals surface area contributed by atoms with E-state index in [-0.39, 0.29) is 11.9 Å². The van der Waals surface area contributed by atoms with E-state index in [1.807, 2.05) is 24.1 Å². The SMILES string of the molecule is CC(C(=O)Nc1nccs1)N1CCSCC1. The van der Waals surface area contributed by atoms with Gasteiger partial charge in [-0.2, -0.15) is 11.8 Å². The predicted molar refractivity (Wildman–Crippen MR) is 69.1 cm³/mol. The van der Waals surface area contributed by atoms with Crippen molar-refractivity contribution in [3.05, 3.63) is 11.6 Å². The number of nitrogens with one attached hydrogen (secondary N) is 1. The average molecular weight is 257 g/mol. The second-order valence-electron chi connectivity index (χ2n) is 3.65. The topological polar surface area (TPSA) is 45.2 Å². The molecule has 2 rings (SSSR count). The van der Waals surface area contributed by atoms with Crippen molar-refractivity contribution < 1.29 is 4.79 Å². The lowest BCUT2D eigenvalue weighted by Crippen LogP contribution is -2.46. The molecule has 2 heterocycles. The van der Waals surface area contributed by atoms with Crippen molar-refractivity contribution in [2.45, 2.75) is 13.0 Å². The molecular formula is C10H15N3OS2. The third-order valence-corrected chi connectivity index (χ3v) is 4.27. The highest BCUT2D eigenvalue weighted by Crippen LogP contribution is 2.15. The van der Waals surface area contributed by atoms with Crippen LogP contribution in [0, 0.1) is 0 Å². The average Bonchev–Trinajstić information content (AvgIpc) is 2.82. The van der Waals surface area contributed by atoms with Crippen LogP contribution >= 0.6 is 23.1 Å². The van der Waals surface area contributed by atoms with Crippen molar-refractivity contribution in [2.24, 2.45) is 0 Å². The lowest BCUT2D eigenvalue weighted by Gasteiger charge is -2.30. The van der Waals surface area contributed by atoms with E-state index in [0.29, 0.717) is 5.13 Å². The van der Waals surface area contributed by atoms with Gasteiger partial charge in [0.2, 0.25) is 5.91 Å². The van der Waals surface area contributed by atoms with Gasteiger partial charge >= 0.3 is 0 Å². The fourth-order valence-electron chi connectivity index (χ4n) is 1.63. The maximum atomic E-state index is 11.9. The van der Waals surface area contributed by atoms with Crippen molar-refractivity contribution >= 4 is 34.1 Å². The summed E-state index contributed by atoms with van der Waals surface area (Å²) in [6.45, 7) is 3.95. The molecule has 1 N–H and O–H groups in total. The number of carbonyl (C=O) groups excluding carboxylic acids is 1. The first kappa shape index (κ1) is 11.9. The maximum Gasteiger partial charge on any atom is 0.243 e. The van der Waals surface area contributed by atoms with Gasteiger partial charge in [-0.05, 0) is 6.92 Å². The van der Waals surface area contributed by atoms with E-state index in [4.69, 9.17) is 0 Å². The minimum atomic E-state index is -0.0650. The highest BCUT2D eigenvalue weighted by atomic mass is 32.2. The van der Waals surface area contributed by atoms with Gasteiger partial charge in [-0.3, -0.25) is 9.69 Å². The van der Waals surface area contributed by atoms with E-state index in [1.165, 1.54) is 11.3 Å². The first-order valence-electron chi connectivity index (χ1n) is 5.29. The van der Waals surface area contributed by atoms with Gasteiger partial charge < -0.3 is 5.32 Å². The summed E-state index contributed by atoms with van der Waals surface area (Å²) < 4.78 is 0. The van der Waals surface area contributed by atoms with Gasteiger partial charge in [0.1, 0.15) is 0 Å². The lowest BCUT2D eigenvalue weighted by molar-refractivity contribution is -0.120. The second-order valence-corrected chi connectivity index (χ2v) is 5.77. The Morgan fingerprint density at radius 1 is 1.56 bits per heavy atom. The summed E-state index contributed by atoms with van der Waals surface area (Å²) in [6, 6.07) is -0.0650. The number of aromatic nitrogens is 1. The van der Waals surface area contributed by atoms with Gasteiger partial charge in [-0.1, -0.05) is 0 Å². The van der Waals surface area contributed by atoms with Gasteiger partial charge in [-0.25, -0.2) is 4.98 Å². The van der Waals surface area contributed by atoms with E-state index in [2.05, 4.69) is 15.2 Å². The molecular weight excluding hydrogens is 242 g/mol. The summed E-state index contributed by atoms with van der Waals surface area (Å²) in [5.74, 6) is 2.28. The Kier molecular flexibility index (Phi) is 4.20. The molecule has 4 nitrogen and oxygen atoms in total. The molecule has 1 saturated heterocycles. The molecule has 1 amide bonds. The van der Waals surface area contributed by atoms with Crippen LogP contribution in [0.3, 0.4) is 0 Å². The van der Waals surface area contributed by atoms with Crippen molar-refractivity contribution in [1.82, 2.24) is 9.88 Å². The van der Waals surface area contributed by atoms with Gasteiger partial charge in [0.25, 0.3) is 0 Å². The molecule has 1 aromatic rings. The third-order valence-electron chi connectivity index (χ3n) is 2.64. The van der Waals surface area contributed by atoms with Crippen LogP contribution in [0.2, 0.25) is 0 Å². The van der Waals surface area contributed by atoms with E-state index in [9.17, 15) is 4.79 Å². The molecule has 6 heteroatoms. The Bertz CT molecular complexity index is 336. The zero-order valence-electron chi connectivity index (χ0n) is 9.18. The molecule has 0 radical (unpaired) electrons. The summed E-state index contributed by atoms with van der Waals surface area (Å²) in [4.78, 5) is 18.2. The molecule has 0 spiro atoms. The number of hydrogen-bond donors (Lipinski definition) is 1. The Morgan fingerprint density at radius 2 is 2.31 bits per heavy atom. The second kappa shape index (κ2) is 5.65. The van der Waals surface area contributed by atoms with E-state index < -0.39 is 0 Å². The molecule has 0 saturated carbocycles. The fraction of sp³-hybridized carbons (Fsp3) is 0.600. The normalized spacial score (nSPS) is 19.3. The summed E-state index contributed by atoms with van der Waals surface area (Å²) in [6.07, 6.45) is 1.70. The van der Waals surface area contributed by atoms with Crippen LogP contribution in [-0.2, 0) is 4.79 Å². The smallest absolute Gasteiger partial charge is 0.243 e. The van der Waals surface area contributed by atoms with E-state index in [0.717, 1.165) is 24.6 Å². The van der Waals surface area contributed by atoms with Crippen LogP contribution in [0.5, 0.6) is 0 Å². The number of rotatable bonds is 3. The van der Waals surface area contributed by atoms with Gasteiger partial charge in [0.05, 0.1) is 6.04 Å². The zero-order chi connectivity index (χ0) is 11.4. The first-order chi connectivity index (χ1) is 7.77. The summed E-state index contributed by atoms with van der Waals surface area (Å²) in [5, 5.41) is 5.38. The highest BCUT2D eigenvalue weighted by molar-refractivity contribution is 7.99. The van der Waals surface area contributed by atoms with Crippen molar-refractivity contribution in [1.29, 1.82) is 0 Å². The molecule has 88 valence electrons. The first-order valence-corrected chi connectivity index (χ1v) is 7.33. The summed E-state index contributed by atoms with van der Waals surface area (Å²) >= 11 is 3.40. The maximum absolute atomic E-state index is 11.9. The number of thioether (sulfide) groups is 1. The highest BCUT2D eigenvalue weighted by Gasteiger charge is 2.23. The van der Waals surface area contributed by atoms with Crippen LogP contribution in [0.25, 0.3) is 0 Å². The largest absolute Gasteiger partial charge is 0.301 e. The Hall–Kier alpha value is -0.590. The molecule has 0 bridgehead atoms. The zero-order valence-corrected chi connectivity index (χ0v) is 10.8. The molecule has 0 aromatic carbocycles. The summed E-state index contributed by atoms with van der Waals surface area (Å²) in [5.41, 5.74) is 0. The minimum absolute atomic E-state index is 0.0434. The van der Waals surface area contributed by atoms with Crippen LogP contribution in [0.1, 0.15) is 6.92 Å². The fourth-order valence-corrected chi connectivity index (χ4v) is 3.09. The van der Waals surface area contributed by atoms with Crippen molar-refractivity contribution in [3.63, 3.8) is 0 Å². The van der Waals surface area contributed by atoms with Crippen LogP contribution in [0.15, 0.2) is 11.6 Å². The summed E-state index contributed by atoms with van der Waals surface area (Å²) in [7, 11) is 0. The quantitative estimate of drug-likeness (QED) is 0.892. The van der Waals surface area contributed by atoms with Crippen LogP contribution in [0.4, 0.5) is 5.13 Å². The standard InChI is InChI=1S/C10H15N3OS2/c1-8(13-3-6-15-7-4-13)9(14)12-10-11-2-5-16-10/h2,5,8H,3-4,6-7H2,1H3,(H,11,12,14). The van der Waals surface area contributed by atoms with E-state index in [1.54, 1.807) is 6.20 Å².